The molecule has 0 spiro atoms. The predicted molar refractivity (Wildman–Crippen MR) is 73.1 cm³/mol. The van der Waals surface area contributed by atoms with Crippen LogP contribution in [-0.2, 0) is 0 Å². The van der Waals surface area contributed by atoms with E-state index in [9.17, 15) is 5.11 Å². The fraction of sp³-hybridized carbons (Fsp3) is 0.600. The maximum absolute atomic E-state index is 9.18. The minimum absolute atomic E-state index is 0.172. The van der Waals surface area contributed by atoms with Crippen LogP contribution in [0.15, 0.2) is 24.3 Å². The lowest BCUT2D eigenvalue weighted by Gasteiger charge is -2.29. The minimum atomic E-state index is 0.172. The summed E-state index contributed by atoms with van der Waals surface area (Å²) in [5.74, 6) is 1.10. The molecule has 0 bridgehead atoms. The number of ether oxygens (including phenoxy) is 1. The number of rotatable bonds is 4. The van der Waals surface area contributed by atoms with E-state index in [0.29, 0.717) is 6.10 Å². The molecule has 1 atom stereocenters. The first-order valence-corrected chi connectivity index (χ1v) is 6.75. The summed E-state index contributed by atoms with van der Waals surface area (Å²) in [5.41, 5.74) is 1.14. The second-order valence-corrected chi connectivity index (χ2v) is 5.28. The van der Waals surface area contributed by atoms with Crippen LogP contribution < -0.4 is 4.74 Å². The largest absolute Gasteiger partial charge is 0.490 e. The normalized spacial score (nSPS) is 19.7. The maximum Gasteiger partial charge on any atom is 0.120 e. The summed E-state index contributed by atoms with van der Waals surface area (Å²) in [6.45, 7) is 4.42. The van der Waals surface area contributed by atoms with Gasteiger partial charge in [0.15, 0.2) is 0 Å². The van der Waals surface area contributed by atoms with Gasteiger partial charge in [-0.05, 0) is 37.6 Å². The first-order chi connectivity index (χ1) is 8.69. The number of likely N-dealkylation sites (tertiary alicyclic amines) is 1. The summed E-state index contributed by atoms with van der Waals surface area (Å²) >= 11 is 0. The van der Waals surface area contributed by atoms with Crippen molar-refractivity contribution >= 4 is 0 Å². The fourth-order valence-electron chi connectivity index (χ4n) is 2.29. The Morgan fingerprint density at radius 2 is 2.11 bits per heavy atom. The molecule has 1 saturated heterocycles. The molecule has 1 unspecified atom stereocenters. The minimum Gasteiger partial charge on any atom is -0.490 e. The molecule has 0 saturated carbocycles. The summed E-state index contributed by atoms with van der Waals surface area (Å²) < 4.78 is 6.03. The lowest BCUT2D eigenvalue weighted by atomic mass is 10.0. The van der Waals surface area contributed by atoms with E-state index in [1.165, 1.54) is 0 Å². The van der Waals surface area contributed by atoms with Crippen molar-refractivity contribution in [1.82, 2.24) is 4.90 Å². The zero-order valence-corrected chi connectivity index (χ0v) is 11.3. The molecule has 100 valence electrons. The molecular formula is C15H23NO2. The summed E-state index contributed by atoms with van der Waals surface area (Å²) in [4.78, 5) is 2.34. The zero-order chi connectivity index (χ0) is 13.0. The Balaban J connectivity index is 1.96. The molecule has 0 radical (unpaired) electrons. The van der Waals surface area contributed by atoms with Crippen LogP contribution in [0.3, 0.4) is 0 Å². The van der Waals surface area contributed by atoms with Gasteiger partial charge in [0.2, 0.25) is 0 Å². The third kappa shape index (κ3) is 3.47. The number of aliphatic hydroxyl groups excluding tert-OH is 1. The molecule has 1 aliphatic rings. The first kappa shape index (κ1) is 13.4. The van der Waals surface area contributed by atoms with Crippen molar-refractivity contribution in [2.24, 2.45) is 0 Å². The summed E-state index contributed by atoms with van der Waals surface area (Å²) in [5, 5.41) is 9.18. The Kier molecular flexibility index (Phi) is 4.61. The van der Waals surface area contributed by atoms with Crippen LogP contribution in [0.25, 0.3) is 0 Å². The number of nitrogens with zero attached hydrogens (tertiary/aromatic N) is 1. The van der Waals surface area contributed by atoms with Gasteiger partial charge in [-0.1, -0.05) is 19.1 Å². The summed E-state index contributed by atoms with van der Waals surface area (Å²) in [6, 6.07) is 8.11. The highest BCUT2D eigenvalue weighted by Crippen LogP contribution is 2.23. The first-order valence-electron chi connectivity index (χ1n) is 6.75. The maximum atomic E-state index is 9.18. The molecule has 0 amide bonds. The van der Waals surface area contributed by atoms with Gasteiger partial charge in [0.25, 0.3) is 0 Å². The van der Waals surface area contributed by atoms with E-state index >= 15 is 0 Å². The van der Waals surface area contributed by atoms with Gasteiger partial charge in [-0.2, -0.15) is 0 Å². The van der Waals surface area contributed by atoms with Gasteiger partial charge in [0, 0.05) is 25.6 Å². The zero-order valence-electron chi connectivity index (χ0n) is 11.3. The molecule has 3 heteroatoms. The van der Waals surface area contributed by atoms with Gasteiger partial charge in [-0.3, -0.25) is 0 Å². The van der Waals surface area contributed by atoms with Crippen LogP contribution in [0.1, 0.15) is 31.2 Å². The molecule has 0 aromatic heterocycles. The number of benzene rings is 1. The van der Waals surface area contributed by atoms with Gasteiger partial charge in [0.05, 0.1) is 0 Å². The van der Waals surface area contributed by atoms with Crippen molar-refractivity contribution in [3.63, 3.8) is 0 Å². The van der Waals surface area contributed by atoms with Gasteiger partial charge in [-0.15, -0.1) is 0 Å². The molecule has 1 aromatic rings. The smallest absolute Gasteiger partial charge is 0.120 e. The van der Waals surface area contributed by atoms with Crippen molar-refractivity contribution in [3.05, 3.63) is 29.8 Å². The van der Waals surface area contributed by atoms with Gasteiger partial charge in [0.1, 0.15) is 11.9 Å². The van der Waals surface area contributed by atoms with E-state index in [0.717, 1.165) is 37.2 Å². The molecule has 1 N–H and O–H groups in total. The standard InChI is InChI=1S/C15H23NO2/c1-12(11-17)13-4-3-5-15(10-13)18-14-6-8-16(2)9-7-14/h3-5,10,12,14,17H,6-9,11H2,1-2H3. The van der Waals surface area contributed by atoms with E-state index in [1.54, 1.807) is 0 Å². The fourth-order valence-corrected chi connectivity index (χ4v) is 2.29. The van der Waals surface area contributed by atoms with E-state index < -0.39 is 0 Å². The Morgan fingerprint density at radius 3 is 2.78 bits per heavy atom. The topological polar surface area (TPSA) is 32.7 Å². The van der Waals surface area contributed by atoms with E-state index in [1.807, 2.05) is 25.1 Å². The summed E-state index contributed by atoms with van der Waals surface area (Å²) in [6.07, 6.45) is 2.52. The Hall–Kier alpha value is -1.06. The lowest BCUT2D eigenvalue weighted by molar-refractivity contribution is 0.114. The monoisotopic (exact) mass is 249 g/mol. The van der Waals surface area contributed by atoms with Crippen LogP contribution in [0, 0.1) is 0 Å². The van der Waals surface area contributed by atoms with Gasteiger partial charge < -0.3 is 14.7 Å². The number of hydrogen-bond acceptors (Lipinski definition) is 3. The molecule has 3 nitrogen and oxygen atoms in total. The summed E-state index contributed by atoms with van der Waals surface area (Å²) in [7, 11) is 2.15. The van der Waals surface area contributed by atoms with E-state index in [4.69, 9.17) is 4.74 Å². The Bertz CT molecular complexity index is 373. The highest BCUT2D eigenvalue weighted by molar-refractivity contribution is 5.30. The number of aliphatic hydroxyl groups is 1. The van der Waals surface area contributed by atoms with Crippen molar-refractivity contribution in [2.45, 2.75) is 31.8 Å². The van der Waals surface area contributed by atoms with E-state index in [-0.39, 0.29) is 12.5 Å². The van der Waals surface area contributed by atoms with Crippen molar-refractivity contribution in [2.75, 3.05) is 26.7 Å². The second-order valence-electron chi connectivity index (χ2n) is 5.28. The average molecular weight is 249 g/mol. The van der Waals surface area contributed by atoms with Crippen molar-refractivity contribution in [3.8, 4) is 5.75 Å². The van der Waals surface area contributed by atoms with Gasteiger partial charge in [-0.25, -0.2) is 0 Å². The number of piperidine rings is 1. The van der Waals surface area contributed by atoms with E-state index in [2.05, 4.69) is 18.0 Å². The molecule has 1 aromatic carbocycles. The quantitative estimate of drug-likeness (QED) is 0.888. The third-order valence-corrected chi connectivity index (χ3v) is 3.67. The highest BCUT2D eigenvalue weighted by Gasteiger charge is 2.18. The molecule has 0 aliphatic carbocycles. The molecular weight excluding hydrogens is 226 g/mol. The predicted octanol–water partition coefficient (Wildman–Crippen LogP) is 2.26. The SMILES string of the molecule is CC(CO)c1cccc(OC2CCN(C)CC2)c1. The Labute approximate surface area is 109 Å². The van der Waals surface area contributed by atoms with Crippen molar-refractivity contribution < 1.29 is 9.84 Å². The van der Waals surface area contributed by atoms with Crippen LogP contribution in [0.4, 0.5) is 0 Å². The second kappa shape index (κ2) is 6.21. The van der Waals surface area contributed by atoms with Crippen LogP contribution >= 0.6 is 0 Å². The van der Waals surface area contributed by atoms with Gasteiger partial charge >= 0.3 is 0 Å². The molecule has 18 heavy (non-hydrogen) atoms. The molecule has 1 heterocycles. The van der Waals surface area contributed by atoms with Crippen LogP contribution in [0.5, 0.6) is 5.75 Å². The highest BCUT2D eigenvalue weighted by atomic mass is 16.5. The number of hydrogen-bond donors (Lipinski definition) is 1. The lowest BCUT2D eigenvalue weighted by Crippen LogP contribution is -2.35. The molecule has 1 aliphatic heterocycles. The Morgan fingerprint density at radius 1 is 1.39 bits per heavy atom. The average Bonchev–Trinajstić information content (AvgIpc) is 2.41. The third-order valence-electron chi connectivity index (χ3n) is 3.67. The molecule has 2 rings (SSSR count). The van der Waals surface area contributed by atoms with Crippen LogP contribution in [0.2, 0.25) is 0 Å². The van der Waals surface area contributed by atoms with Crippen LogP contribution in [-0.4, -0.2) is 42.9 Å². The molecule has 1 fully saturated rings. The van der Waals surface area contributed by atoms with Crippen molar-refractivity contribution in [1.29, 1.82) is 0 Å².